The summed E-state index contributed by atoms with van der Waals surface area (Å²) in [5.41, 5.74) is 8.25. The fourth-order valence-electron chi connectivity index (χ4n) is 15.7. The maximum absolute atomic E-state index is 12.0. The van der Waals surface area contributed by atoms with Crippen LogP contribution in [0.4, 0.5) is 5.13 Å². The van der Waals surface area contributed by atoms with Gasteiger partial charge in [0.1, 0.15) is 0 Å². The second-order valence-corrected chi connectivity index (χ2v) is 24.5. The molecule has 0 amide bonds. The van der Waals surface area contributed by atoms with Crippen LogP contribution in [-0.4, -0.2) is 23.1 Å². The van der Waals surface area contributed by atoms with Gasteiger partial charge in [-0.1, -0.05) is 115 Å². The Morgan fingerprint density at radius 3 is 2.08 bits per heavy atom. The Morgan fingerprint density at radius 1 is 0.815 bits per heavy atom. The summed E-state index contributed by atoms with van der Waals surface area (Å²) in [7, 11) is 0. The van der Waals surface area contributed by atoms with Crippen molar-refractivity contribution in [2.75, 3.05) is 11.9 Å². The number of anilines is 1. The van der Waals surface area contributed by atoms with Crippen molar-refractivity contribution in [3.8, 4) is 10.6 Å². The zero-order chi connectivity index (χ0) is 47.0. The van der Waals surface area contributed by atoms with Crippen LogP contribution in [0, 0.1) is 56.2 Å². The lowest BCUT2D eigenvalue weighted by Crippen LogP contribution is -2.70. The number of fused-ring (bicyclic) bond motifs is 7. The van der Waals surface area contributed by atoms with Crippen molar-refractivity contribution >= 4 is 56.3 Å². The van der Waals surface area contributed by atoms with Crippen molar-refractivity contribution in [1.29, 1.82) is 0 Å². The quantitative estimate of drug-likeness (QED) is 0.127. The molecule has 352 valence electrons. The van der Waals surface area contributed by atoms with Crippen molar-refractivity contribution in [3.05, 3.63) is 111 Å². The summed E-state index contributed by atoms with van der Waals surface area (Å²) in [6.45, 7) is 31.4. The molecule has 0 saturated heterocycles. The van der Waals surface area contributed by atoms with Crippen molar-refractivity contribution in [1.82, 2.24) is 4.98 Å². The van der Waals surface area contributed by atoms with Gasteiger partial charge in [-0.25, -0.2) is 4.98 Å². The lowest BCUT2D eigenvalue weighted by molar-refractivity contribution is -0.276. The van der Waals surface area contributed by atoms with Crippen LogP contribution in [-0.2, 0) is 0 Å². The Morgan fingerprint density at radius 2 is 1.48 bits per heavy atom. The molecule has 5 aliphatic rings. The van der Waals surface area contributed by atoms with Gasteiger partial charge in [-0.3, -0.25) is 9.59 Å². The van der Waals surface area contributed by atoms with E-state index in [9.17, 15) is 9.59 Å². The van der Waals surface area contributed by atoms with Gasteiger partial charge in [0.05, 0.1) is 22.0 Å². The monoisotopic (exact) mass is 933 g/mol. The molecule has 9 rings (SSSR count). The molecule has 4 aromatic rings. The summed E-state index contributed by atoms with van der Waals surface area (Å²) in [6, 6.07) is 16.3. The Labute approximate surface area is 406 Å². The second-order valence-electron chi connectivity index (χ2n) is 21.8. The summed E-state index contributed by atoms with van der Waals surface area (Å²) >= 11 is 4.65. The predicted octanol–water partition coefficient (Wildman–Crippen LogP) is 17.8. The number of thiophene rings is 2. The molecule has 9 atom stereocenters. The minimum Gasteiger partial charge on any atom is -0.354 e. The minimum atomic E-state index is 0. The third kappa shape index (κ3) is 8.49. The number of allylic oxidation sites excluding steroid dienone is 5. The highest BCUT2D eigenvalue weighted by atomic mass is 32.1. The van der Waals surface area contributed by atoms with Crippen LogP contribution >= 0.6 is 34.0 Å². The van der Waals surface area contributed by atoms with E-state index in [1.807, 2.05) is 78.5 Å². The number of benzene rings is 1. The zero-order valence-corrected chi connectivity index (χ0v) is 44.0. The lowest BCUT2D eigenvalue weighted by atomic mass is 9.27. The molecule has 0 bridgehead atoms. The van der Waals surface area contributed by atoms with E-state index < -0.39 is 0 Å². The zero-order valence-electron chi connectivity index (χ0n) is 41.6. The number of Topliss-reactive ketones (excluding diaryl/α,β-unsaturated/α-hetero) is 2. The maximum Gasteiger partial charge on any atom is 0.191 e. The van der Waals surface area contributed by atoms with Gasteiger partial charge >= 0.3 is 0 Å². The SMILES string of the molecule is C/C=C\C.C=C(C)[C@@H]1CC[C@]2(C)CC[C@@]3(C)[C@]4(CC)CC[C@H]5C(C)(C)C(c6ccc(C(C)=O)cc6)=CC[C@]5(C)[C@H]4CC[C@]3(CC)[C@@H]12.O=C(CNc1nc(-c2cccs2)cs1)c1cccs1.[HH]. The summed E-state index contributed by atoms with van der Waals surface area (Å²) in [5.74, 6) is 3.23. The normalized spacial score (nSPS) is 33.1. The molecule has 5 aliphatic carbocycles. The first-order valence-electron chi connectivity index (χ1n) is 24.8. The molecular formula is C58H80N2O2S3. The van der Waals surface area contributed by atoms with Crippen LogP contribution in [0.3, 0.4) is 0 Å². The van der Waals surface area contributed by atoms with E-state index in [1.165, 1.54) is 110 Å². The largest absolute Gasteiger partial charge is 0.354 e. The molecule has 7 heteroatoms. The Balaban J connectivity index is 0.000000249. The summed E-state index contributed by atoms with van der Waals surface area (Å²) in [6.07, 6.45) is 21.7. The average molecular weight is 933 g/mol. The first-order chi connectivity index (χ1) is 30.9. The highest BCUT2D eigenvalue weighted by Crippen LogP contribution is 2.82. The number of nitrogens with zero attached hydrogens (tertiary/aromatic N) is 1. The number of nitrogens with one attached hydrogen (secondary N) is 1. The first-order valence-corrected chi connectivity index (χ1v) is 27.4. The standard InChI is InChI=1S/C41H60O.C13H10N2OS3.C4H8.H2/c1-11-40-23-19-33-36(6,7)32(30-15-13-29(14-16-30)28(5)42)18-22-38(33,9)34(40)20-24-41(12-2)35-31(27(3)4)17-21-37(35,8)25-26-39(40,41)10;16-10(12-4-2-6-18-12)7-14-13-15-9(8-19-13)11-3-1-5-17-11;1-3-4-2;/h13-16,18,31,33-35H,3,11-12,17,19-26H2,1-2,4-10H3;1-6,8H,7H2,(H,14,15);3-4H,1-2H3;1H/b;;4-3-;/t31-,33-,34+,35-,37+,38-,39-,40+,41+;;;/m0.../s1. The highest BCUT2D eigenvalue weighted by Gasteiger charge is 2.75. The van der Waals surface area contributed by atoms with Crippen LogP contribution < -0.4 is 5.32 Å². The van der Waals surface area contributed by atoms with Crippen LogP contribution in [0.5, 0.6) is 0 Å². The van der Waals surface area contributed by atoms with E-state index in [0.717, 1.165) is 38.0 Å². The number of thiazole rings is 1. The van der Waals surface area contributed by atoms with Crippen molar-refractivity contribution in [3.63, 3.8) is 0 Å². The van der Waals surface area contributed by atoms with Gasteiger partial charge in [-0.05, 0) is 189 Å². The van der Waals surface area contributed by atoms with E-state index in [4.69, 9.17) is 0 Å². The third-order valence-corrected chi connectivity index (χ3v) is 21.4. The number of rotatable bonds is 10. The number of aromatic nitrogens is 1. The molecule has 0 spiro atoms. The number of carbonyl (C=O) groups excluding carboxylic acids is 2. The number of hydrogen-bond acceptors (Lipinski definition) is 7. The smallest absolute Gasteiger partial charge is 0.191 e. The molecule has 0 unspecified atom stereocenters. The molecule has 4 fully saturated rings. The first kappa shape index (κ1) is 49.5. The molecule has 4 saturated carbocycles. The molecule has 65 heavy (non-hydrogen) atoms. The predicted molar refractivity (Wildman–Crippen MR) is 283 cm³/mol. The third-order valence-electron chi connectivity index (χ3n) is 18.8. The van der Waals surface area contributed by atoms with Gasteiger partial charge in [0.15, 0.2) is 16.7 Å². The van der Waals surface area contributed by atoms with Crippen LogP contribution in [0.25, 0.3) is 16.1 Å². The van der Waals surface area contributed by atoms with E-state index in [0.29, 0.717) is 38.9 Å². The molecule has 3 aromatic heterocycles. The van der Waals surface area contributed by atoms with Gasteiger partial charge < -0.3 is 5.32 Å². The fourth-order valence-corrected chi connectivity index (χ4v) is 17.8. The number of ketones is 2. The van der Waals surface area contributed by atoms with Gasteiger partial charge in [0.25, 0.3) is 0 Å². The van der Waals surface area contributed by atoms with Gasteiger partial charge in [0, 0.05) is 12.4 Å². The van der Waals surface area contributed by atoms with E-state index >= 15 is 0 Å². The molecule has 4 nitrogen and oxygen atoms in total. The summed E-state index contributed by atoms with van der Waals surface area (Å²) in [4.78, 5) is 30.2. The Kier molecular flexibility index (Phi) is 14.7. The van der Waals surface area contributed by atoms with Crippen LogP contribution in [0.1, 0.15) is 174 Å². The van der Waals surface area contributed by atoms with E-state index in [-0.39, 0.29) is 25.0 Å². The molecule has 1 N–H and O–H groups in total. The molecular weight excluding hydrogens is 853 g/mol. The van der Waals surface area contributed by atoms with Crippen molar-refractivity contribution in [2.45, 2.75) is 147 Å². The molecule has 1 aromatic carbocycles. The number of hydrogen-bond donors (Lipinski definition) is 1. The van der Waals surface area contributed by atoms with Crippen LogP contribution in [0.2, 0.25) is 0 Å². The van der Waals surface area contributed by atoms with Gasteiger partial charge in [-0.2, -0.15) is 0 Å². The Bertz CT molecular complexity index is 2350. The lowest BCUT2D eigenvalue weighted by Gasteiger charge is -2.77. The van der Waals surface area contributed by atoms with Gasteiger partial charge in [0.2, 0.25) is 0 Å². The molecule has 0 radical (unpaired) electrons. The molecule has 0 aliphatic heterocycles. The van der Waals surface area contributed by atoms with E-state index in [2.05, 4.69) is 90.5 Å². The average Bonchev–Trinajstić information content (AvgIpc) is 4.14. The topological polar surface area (TPSA) is 59.1 Å². The molecule has 3 heterocycles. The number of carbonyl (C=O) groups is 2. The van der Waals surface area contributed by atoms with E-state index in [1.54, 1.807) is 18.3 Å². The van der Waals surface area contributed by atoms with Gasteiger partial charge in [-0.15, -0.1) is 34.0 Å². The van der Waals surface area contributed by atoms with Crippen molar-refractivity contribution in [2.24, 2.45) is 56.2 Å². The highest BCUT2D eigenvalue weighted by molar-refractivity contribution is 7.16. The summed E-state index contributed by atoms with van der Waals surface area (Å²) in [5, 5.41) is 9.81. The Hall–Kier alpha value is -3.39. The second kappa shape index (κ2) is 19.3. The summed E-state index contributed by atoms with van der Waals surface area (Å²) < 4.78 is 0. The van der Waals surface area contributed by atoms with Crippen LogP contribution in [0.15, 0.2) is 95.1 Å². The van der Waals surface area contributed by atoms with Crippen molar-refractivity contribution < 1.29 is 11.0 Å². The maximum atomic E-state index is 12.0. The minimum absolute atomic E-state index is 0. The fraction of sp³-hybridized carbons (Fsp3) is 0.569.